The second kappa shape index (κ2) is 7.57. The molecule has 0 aliphatic heterocycles. The summed E-state index contributed by atoms with van der Waals surface area (Å²) in [6, 6.07) is 3.91. The molecule has 2 N–H and O–H groups in total. The molecule has 0 radical (unpaired) electrons. The summed E-state index contributed by atoms with van der Waals surface area (Å²) in [5, 5.41) is 21.9. The summed E-state index contributed by atoms with van der Waals surface area (Å²) in [7, 11) is 0. The Kier molecular flexibility index (Phi) is 6.03. The molecule has 0 saturated heterocycles. The van der Waals surface area contributed by atoms with Gasteiger partial charge in [-0.25, -0.2) is 0 Å². The number of anilines is 1. The number of hydrogen-bond acceptors (Lipinski definition) is 5. The van der Waals surface area contributed by atoms with E-state index in [4.69, 9.17) is 9.84 Å². The Morgan fingerprint density at radius 2 is 2.22 bits per heavy atom. The van der Waals surface area contributed by atoms with Crippen molar-refractivity contribution in [3.05, 3.63) is 34.1 Å². The number of nitrogens with zero attached hydrogens (tertiary/aromatic N) is 1. The monoisotopic (exact) mass is 258 g/mol. The number of nitro benzene ring substituents is 1. The average molecular weight is 258 g/mol. The maximum absolute atomic E-state index is 13.2. The van der Waals surface area contributed by atoms with Crippen LogP contribution < -0.4 is 5.32 Å². The second-order valence-electron chi connectivity index (χ2n) is 3.51. The molecule has 0 aliphatic carbocycles. The van der Waals surface area contributed by atoms with E-state index < -0.39 is 16.4 Å². The molecule has 100 valence electrons. The van der Waals surface area contributed by atoms with Crippen molar-refractivity contribution in [2.75, 3.05) is 31.7 Å². The molecule has 7 heteroatoms. The Balaban J connectivity index is 2.47. The van der Waals surface area contributed by atoms with Crippen molar-refractivity contribution >= 4 is 11.4 Å². The Bertz CT molecular complexity index is 401. The largest absolute Gasteiger partial charge is 0.394 e. The van der Waals surface area contributed by atoms with Crippen LogP contribution in [0.25, 0.3) is 0 Å². The highest BCUT2D eigenvalue weighted by Gasteiger charge is 2.18. The summed E-state index contributed by atoms with van der Waals surface area (Å²) < 4.78 is 18.3. The molecular weight excluding hydrogens is 243 g/mol. The highest BCUT2D eigenvalue weighted by Crippen LogP contribution is 2.26. The van der Waals surface area contributed by atoms with Crippen LogP contribution in [-0.4, -0.2) is 36.4 Å². The van der Waals surface area contributed by atoms with Crippen LogP contribution in [0.2, 0.25) is 0 Å². The summed E-state index contributed by atoms with van der Waals surface area (Å²) >= 11 is 0. The van der Waals surface area contributed by atoms with E-state index in [9.17, 15) is 14.5 Å². The van der Waals surface area contributed by atoms with Gasteiger partial charge in [0.25, 0.3) is 0 Å². The molecule has 1 rings (SSSR count). The molecule has 1 aromatic rings. The van der Waals surface area contributed by atoms with Gasteiger partial charge in [-0.15, -0.1) is 0 Å². The van der Waals surface area contributed by atoms with Crippen molar-refractivity contribution in [1.82, 2.24) is 0 Å². The summed E-state index contributed by atoms with van der Waals surface area (Å²) in [6.45, 7) is 1.08. The number of benzene rings is 1. The molecule has 0 aromatic heterocycles. The Morgan fingerprint density at radius 3 is 2.89 bits per heavy atom. The number of aliphatic hydroxyl groups excluding tert-OH is 1. The van der Waals surface area contributed by atoms with Crippen molar-refractivity contribution in [2.24, 2.45) is 0 Å². The molecule has 0 fully saturated rings. The van der Waals surface area contributed by atoms with Gasteiger partial charge in [0, 0.05) is 13.2 Å². The average Bonchev–Trinajstić information content (AvgIpc) is 2.33. The van der Waals surface area contributed by atoms with E-state index in [1.54, 1.807) is 0 Å². The number of halogens is 1. The van der Waals surface area contributed by atoms with Crippen LogP contribution >= 0.6 is 0 Å². The van der Waals surface area contributed by atoms with Crippen molar-refractivity contribution in [1.29, 1.82) is 0 Å². The number of aliphatic hydroxyl groups is 1. The second-order valence-corrected chi connectivity index (χ2v) is 3.51. The van der Waals surface area contributed by atoms with E-state index in [0.29, 0.717) is 19.6 Å². The van der Waals surface area contributed by atoms with E-state index in [-0.39, 0.29) is 18.9 Å². The standard InChI is InChI=1S/C11H15FN2O4/c12-9-3-1-4-10(11(9)14(16)17)13-5-2-7-18-8-6-15/h1,3-4,13,15H,2,5-8H2. The van der Waals surface area contributed by atoms with E-state index in [2.05, 4.69) is 5.32 Å². The van der Waals surface area contributed by atoms with Gasteiger partial charge in [-0.2, -0.15) is 4.39 Å². The quantitative estimate of drug-likeness (QED) is 0.420. The van der Waals surface area contributed by atoms with Crippen molar-refractivity contribution in [3.63, 3.8) is 0 Å². The Labute approximate surface area is 104 Å². The molecule has 0 saturated carbocycles. The van der Waals surface area contributed by atoms with Gasteiger partial charge in [0.2, 0.25) is 5.82 Å². The minimum Gasteiger partial charge on any atom is -0.394 e. The third-order valence-corrected chi connectivity index (χ3v) is 2.19. The van der Waals surface area contributed by atoms with Gasteiger partial charge in [-0.1, -0.05) is 6.07 Å². The van der Waals surface area contributed by atoms with Crippen LogP contribution in [0.5, 0.6) is 0 Å². The van der Waals surface area contributed by atoms with Gasteiger partial charge in [0.05, 0.1) is 18.1 Å². The topological polar surface area (TPSA) is 84.6 Å². The van der Waals surface area contributed by atoms with Crippen molar-refractivity contribution in [3.8, 4) is 0 Å². The number of rotatable bonds is 8. The fraction of sp³-hybridized carbons (Fsp3) is 0.455. The minimum atomic E-state index is -0.860. The molecule has 0 aliphatic rings. The number of nitrogens with one attached hydrogen (secondary N) is 1. The fourth-order valence-corrected chi connectivity index (χ4v) is 1.41. The molecule has 0 atom stereocenters. The molecule has 6 nitrogen and oxygen atoms in total. The normalized spacial score (nSPS) is 10.3. The van der Waals surface area contributed by atoms with Crippen LogP contribution in [0, 0.1) is 15.9 Å². The van der Waals surface area contributed by atoms with E-state index >= 15 is 0 Å². The summed E-state index contributed by atoms with van der Waals surface area (Å²) in [5.74, 6) is -0.860. The lowest BCUT2D eigenvalue weighted by Crippen LogP contribution is -2.09. The fourth-order valence-electron chi connectivity index (χ4n) is 1.41. The third-order valence-electron chi connectivity index (χ3n) is 2.19. The molecule has 0 spiro atoms. The first-order valence-electron chi connectivity index (χ1n) is 5.52. The van der Waals surface area contributed by atoms with Gasteiger partial charge < -0.3 is 15.2 Å². The van der Waals surface area contributed by atoms with Gasteiger partial charge in [-0.3, -0.25) is 10.1 Å². The molecule has 1 aromatic carbocycles. The number of ether oxygens (including phenoxy) is 1. The molecule has 0 bridgehead atoms. The van der Waals surface area contributed by atoms with Crippen molar-refractivity contribution < 1.29 is 19.2 Å². The SMILES string of the molecule is O=[N+]([O-])c1c(F)cccc1NCCCOCCO. The Hall–Kier alpha value is -1.73. The first kappa shape index (κ1) is 14.3. The van der Waals surface area contributed by atoms with Crippen LogP contribution in [0.4, 0.5) is 15.8 Å². The highest BCUT2D eigenvalue weighted by atomic mass is 19.1. The predicted octanol–water partition coefficient (Wildman–Crippen LogP) is 1.54. The van der Waals surface area contributed by atoms with Crippen LogP contribution in [0.3, 0.4) is 0 Å². The number of para-hydroxylation sites is 1. The predicted molar refractivity (Wildman–Crippen MR) is 64.1 cm³/mol. The van der Waals surface area contributed by atoms with Gasteiger partial charge in [0.1, 0.15) is 5.69 Å². The molecule has 0 heterocycles. The van der Waals surface area contributed by atoms with Gasteiger partial charge >= 0.3 is 5.69 Å². The minimum absolute atomic E-state index is 0.0389. The van der Waals surface area contributed by atoms with Crippen LogP contribution in [0.15, 0.2) is 18.2 Å². The van der Waals surface area contributed by atoms with E-state index in [1.165, 1.54) is 12.1 Å². The van der Waals surface area contributed by atoms with Gasteiger partial charge in [-0.05, 0) is 18.6 Å². The highest BCUT2D eigenvalue weighted by molar-refractivity contribution is 5.61. The van der Waals surface area contributed by atoms with E-state index in [1.807, 2.05) is 0 Å². The maximum atomic E-state index is 13.2. The summed E-state index contributed by atoms with van der Waals surface area (Å²) in [6.07, 6.45) is 0.605. The smallest absolute Gasteiger partial charge is 0.327 e. The van der Waals surface area contributed by atoms with Gasteiger partial charge in [0.15, 0.2) is 0 Å². The zero-order chi connectivity index (χ0) is 13.4. The number of hydrogen-bond donors (Lipinski definition) is 2. The van der Waals surface area contributed by atoms with Crippen LogP contribution in [0.1, 0.15) is 6.42 Å². The van der Waals surface area contributed by atoms with Crippen molar-refractivity contribution in [2.45, 2.75) is 6.42 Å². The van der Waals surface area contributed by atoms with Crippen LogP contribution in [-0.2, 0) is 4.74 Å². The number of nitro groups is 1. The molecule has 0 unspecified atom stereocenters. The first-order valence-corrected chi connectivity index (χ1v) is 5.52. The third kappa shape index (κ3) is 4.27. The lowest BCUT2D eigenvalue weighted by molar-refractivity contribution is -0.386. The molecule has 18 heavy (non-hydrogen) atoms. The summed E-state index contributed by atoms with van der Waals surface area (Å²) in [5.41, 5.74) is -0.393. The maximum Gasteiger partial charge on any atom is 0.327 e. The summed E-state index contributed by atoms with van der Waals surface area (Å²) in [4.78, 5) is 9.94. The zero-order valence-corrected chi connectivity index (χ0v) is 9.76. The Morgan fingerprint density at radius 1 is 1.44 bits per heavy atom. The lowest BCUT2D eigenvalue weighted by atomic mass is 10.2. The van der Waals surface area contributed by atoms with E-state index in [0.717, 1.165) is 6.07 Å². The first-order chi connectivity index (χ1) is 8.66. The molecule has 0 amide bonds. The lowest BCUT2D eigenvalue weighted by Gasteiger charge is -2.07. The molecular formula is C11H15FN2O4. The zero-order valence-electron chi connectivity index (χ0n) is 9.76.